The Balaban J connectivity index is 2.81. The van der Waals surface area contributed by atoms with Gasteiger partial charge < -0.3 is 56.6 Å². The second-order valence-electron chi connectivity index (χ2n) is 4.17. The summed E-state index contributed by atoms with van der Waals surface area (Å²) in [4.78, 5) is 63.0. The van der Waals surface area contributed by atoms with Crippen LogP contribution in [0.25, 0.3) is 0 Å². The number of hydrogen-bond acceptors (Lipinski definition) is 12. The monoisotopic (exact) mass is 366 g/mol. The summed E-state index contributed by atoms with van der Waals surface area (Å²) in [5.74, 6) is 0. The Morgan fingerprint density at radius 2 is 1.10 bits per heavy atom. The Morgan fingerprint density at radius 1 is 0.667 bits per heavy atom. The van der Waals surface area contributed by atoms with Crippen LogP contribution >= 0.6 is 23.5 Å². The summed E-state index contributed by atoms with van der Waals surface area (Å²) in [6, 6.07) is 0. The van der Waals surface area contributed by atoms with E-state index >= 15 is 0 Å². The molecule has 2 unspecified atom stereocenters. The molecule has 3 atom stereocenters. The van der Waals surface area contributed by atoms with Crippen LogP contribution in [0.4, 0.5) is 0 Å². The van der Waals surface area contributed by atoms with Gasteiger partial charge in [0.25, 0.3) is 0 Å². The van der Waals surface area contributed by atoms with Crippen LogP contribution in [0.15, 0.2) is 0 Å². The predicted octanol–water partition coefficient (Wildman–Crippen LogP) is -4.19. The van der Waals surface area contributed by atoms with Crippen LogP contribution < -0.4 is 29.4 Å². The Kier molecular flexibility index (Phi) is 6.31. The predicted molar refractivity (Wildman–Crippen MR) is 51.3 cm³/mol. The number of rotatable bonds is 6. The molecule has 0 N–H and O–H groups in total. The number of phosphoric acid groups is 3. The Labute approximate surface area is 118 Å². The molecule has 0 bridgehead atoms. The molecule has 21 heavy (non-hydrogen) atoms. The van der Waals surface area contributed by atoms with Crippen molar-refractivity contribution in [3.05, 3.63) is 0 Å². The molecule has 0 radical (unpaired) electrons. The maximum Gasteiger partial charge on any atom is 0.0917 e. The standard InChI is InChI=1S/C6H15O12P3/c7-19(8,9)16-4-1-2-5(17-20(10,11)12)6(3-4)18-21(13,14)15/h4-6H,1-3H2,(H2,7,8,9)(H2,10,11,12)(H2,13,14,15)/p-6/t4?,5?,6-/m1/s1. The lowest BCUT2D eigenvalue weighted by atomic mass is 9.93. The van der Waals surface area contributed by atoms with Crippen molar-refractivity contribution in [3.63, 3.8) is 0 Å². The van der Waals surface area contributed by atoms with Crippen molar-refractivity contribution in [1.82, 2.24) is 0 Å². The maximum absolute atomic E-state index is 10.6. The van der Waals surface area contributed by atoms with Gasteiger partial charge in [0, 0.05) is 6.42 Å². The van der Waals surface area contributed by atoms with E-state index in [-0.39, 0.29) is 12.8 Å². The molecule has 0 aromatic heterocycles. The van der Waals surface area contributed by atoms with E-state index in [0.29, 0.717) is 0 Å². The minimum absolute atomic E-state index is 0.221. The molecular formula is C6H9O12P3-6. The molecule has 126 valence electrons. The summed E-state index contributed by atoms with van der Waals surface area (Å²) < 4.78 is 43.7. The van der Waals surface area contributed by atoms with Crippen LogP contribution in [0.2, 0.25) is 0 Å². The highest BCUT2D eigenvalue weighted by molar-refractivity contribution is 7.43. The van der Waals surface area contributed by atoms with Gasteiger partial charge in [0.15, 0.2) is 0 Å². The molecule has 1 fully saturated rings. The molecule has 0 spiro atoms. The molecule has 1 aliphatic carbocycles. The Bertz CT molecular complexity index is 487. The Morgan fingerprint density at radius 3 is 1.52 bits per heavy atom. The highest BCUT2D eigenvalue weighted by atomic mass is 31.2. The first-order valence-electron chi connectivity index (χ1n) is 5.36. The maximum atomic E-state index is 10.6. The quantitative estimate of drug-likeness (QED) is 0.409. The van der Waals surface area contributed by atoms with E-state index in [0.717, 1.165) is 0 Å². The van der Waals surface area contributed by atoms with Gasteiger partial charge in [0.05, 0.1) is 41.8 Å². The Hall–Kier alpha value is 0.330. The zero-order chi connectivity index (χ0) is 16.5. The zero-order valence-corrected chi connectivity index (χ0v) is 12.8. The second kappa shape index (κ2) is 6.84. The average Bonchev–Trinajstić information content (AvgIpc) is 2.15. The third-order valence-electron chi connectivity index (χ3n) is 2.49. The lowest BCUT2D eigenvalue weighted by molar-refractivity contribution is -0.359. The summed E-state index contributed by atoms with van der Waals surface area (Å²) in [6.45, 7) is 0. The van der Waals surface area contributed by atoms with Gasteiger partial charge in [-0.2, -0.15) is 0 Å². The van der Waals surface area contributed by atoms with Crippen LogP contribution in [0.5, 0.6) is 0 Å². The molecule has 1 rings (SSSR count). The van der Waals surface area contributed by atoms with Crippen molar-refractivity contribution in [2.45, 2.75) is 37.6 Å². The van der Waals surface area contributed by atoms with E-state index in [2.05, 4.69) is 13.6 Å². The van der Waals surface area contributed by atoms with E-state index in [1.807, 2.05) is 0 Å². The molecule has 15 heteroatoms. The van der Waals surface area contributed by atoms with E-state index in [4.69, 9.17) is 0 Å². The fourth-order valence-corrected chi connectivity index (χ4v) is 3.59. The first-order valence-corrected chi connectivity index (χ1v) is 9.75. The third kappa shape index (κ3) is 8.51. The molecule has 0 aromatic carbocycles. The summed E-state index contributed by atoms with van der Waals surface area (Å²) >= 11 is 0. The largest absolute Gasteiger partial charge is 0.790 e. The normalized spacial score (nSPS) is 28.6. The van der Waals surface area contributed by atoms with Crippen molar-refractivity contribution in [2.24, 2.45) is 0 Å². The van der Waals surface area contributed by atoms with Crippen molar-refractivity contribution in [3.8, 4) is 0 Å². The smallest absolute Gasteiger partial charge is 0.0917 e. The summed E-state index contributed by atoms with van der Waals surface area (Å²) in [5, 5.41) is 0. The minimum atomic E-state index is -5.57. The van der Waals surface area contributed by atoms with Gasteiger partial charge in [-0.25, -0.2) is 0 Å². The molecule has 0 aliphatic heterocycles. The molecule has 0 amide bonds. The van der Waals surface area contributed by atoms with Gasteiger partial charge in [-0.1, -0.05) is 0 Å². The summed E-state index contributed by atoms with van der Waals surface area (Å²) in [6.07, 6.45) is -5.90. The lowest BCUT2D eigenvalue weighted by Crippen LogP contribution is -2.43. The first kappa shape index (κ1) is 19.4. The number of phosphoric ester groups is 3. The molecular weight excluding hydrogens is 357 g/mol. The second-order valence-corrected chi connectivity index (χ2v) is 7.49. The van der Waals surface area contributed by atoms with Crippen LogP contribution in [-0.2, 0) is 27.3 Å². The fourth-order valence-electron chi connectivity index (χ4n) is 1.91. The van der Waals surface area contributed by atoms with Crippen molar-refractivity contribution in [1.29, 1.82) is 0 Å². The van der Waals surface area contributed by atoms with Gasteiger partial charge in [-0.05, 0) is 12.8 Å². The van der Waals surface area contributed by atoms with E-state index < -0.39 is 48.2 Å². The van der Waals surface area contributed by atoms with Crippen LogP contribution in [0.1, 0.15) is 19.3 Å². The van der Waals surface area contributed by atoms with Crippen molar-refractivity contribution in [2.75, 3.05) is 0 Å². The van der Waals surface area contributed by atoms with Gasteiger partial charge >= 0.3 is 0 Å². The van der Waals surface area contributed by atoms with Crippen molar-refractivity contribution < 1.29 is 56.6 Å². The van der Waals surface area contributed by atoms with E-state index in [1.165, 1.54) is 0 Å². The van der Waals surface area contributed by atoms with Crippen LogP contribution in [0.3, 0.4) is 0 Å². The summed E-state index contributed by atoms with van der Waals surface area (Å²) in [7, 11) is -16.4. The minimum Gasteiger partial charge on any atom is -0.790 e. The highest BCUT2D eigenvalue weighted by Crippen LogP contribution is 2.42. The molecule has 1 aliphatic rings. The van der Waals surface area contributed by atoms with Crippen LogP contribution in [0, 0.1) is 0 Å². The lowest BCUT2D eigenvalue weighted by Gasteiger charge is -2.45. The first-order chi connectivity index (χ1) is 9.25. The summed E-state index contributed by atoms with van der Waals surface area (Å²) in [5.41, 5.74) is 0. The third-order valence-corrected chi connectivity index (χ3v) is 4.10. The average molecular weight is 366 g/mol. The topological polar surface area (TPSA) is 217 Å². The SMILES string of the molecule is O=P([O-])([O-])OC1CCC(OP(=O)([O-])[O-])[C@H](OP(=O)([O-])[O-])C1. The molecule has 0 heterocycles. The van der Waals surface area contributed by atoms with E-state index in [9.17, 15) is 43.1 Å². The van der Waals surface area contributed by atoms with Crippen LogP contribution in [-0.4, -0.2) is 18.3 Å². The highest BCUT2D eigenvalue weighted by Gasteiger charge is 2.34. The molecule has 12 nitrogen and oxygen atoms in total. The fraction of sp³-hybridized carbons (Fsp3) is 1.00. The van der Waals surface area contributed by atoms with E-state index in [1.54, 1.807) is 0 Å². The molecule has 0 saturated heterocycles. The zero-order valence-electron chi connectivity index (χ0n) is 10.1. The molecule has 1 saturated carbocycles. The van der Waals surface area contributed by atoms with Gasteiger partial charge in [0.2, 0.25) is 0 Å². The van der Waals surface area contributed by atoms with Gasteiger partial charge in [-0.3, -0.25) is 0 Å². The number of hydrogen-bond donors (Lipinski definition) is 0. The van der Waals surface area contributed by atoms with Gasteiger partial charge in [0.1, 0.15) is 0 Å². The van der Waals surface area contributed by atoms with Crippen molar-refractivity contribution >= 4 is 23.5 Å². The molecule has 0 aromatic rings. The van der Waals surface area contributed by atoms with Gasteiger partial charge in [-0.15, -0.1) is 0 Å².